The molecule has 0 spiro atoms. The van der Waals surface area contributed by atoms with Crippen LogP contribution in [0.2, 0.25) is 0 Å². The van der Waals surface area contributed by atoms with Crippen LogP contribution in [0, 0.1) is 0 Å². The number of rotatable bonds is 4. The van der Waals surface area contributed by atoms with Gasteiger partial charge in [0.25, 0.3) is 0 Å². The molecule has 0 atom stereocenters. The molecule has 4 aromatic rings. The van der Waals surface area contributed by atoms with E-state index >= 15 is 0 Å². The first-order chi connectivity index (χ1) is 12.1. The fourth-order valence-electron chi connectivity index (χ4n) is 2.61. The molecule has 0 unspecified atom stereocenters. The summed E-state index contributed by atoms with van der Waals surface area (Å²) in [5.74, 6) is 0.0243. The average Bonchev–Trinajstić information content (AvgIpc) is 3.22. The first-order valence-corrected chi connectivity index (χ1v) is 7.71. The molecule has 4 aromatic heterocycles. The topological polar surface area (TPSA) is 91.4 Å². The Kier molecular flexibility index (Phi) is 3.57. The average molecular weight is 333 g/mol. The lowest BCUT2D eigenvalue weighted by atomic mass is 10.1. The minimum absolute atomic E-state index is 0.136. The van der Waals surface area contributed by atoms with E-state index in [1.165, 1.54) is 11.0 Å². The molecule has 4 heterocycles. The Balaban J connectivity index is 1.67. The van der Waals surface area contributed by atoms with Crippen molar-refractivity contribution in [2.45, 2.75) is 6.42 Å². The molecule has 8 heteroatoms. The maximum absolute atomic E-state index is 12.3. The van der Waals surface area contributed by atoms with Gasteiger partial charge in [-0.15, -0.1) is 5.10 Å². The van der Waals surface area contributed by atoms with Gasteiger partial charge in [0.1, 0.15) is 6.33 Å². The zero-order valence-corrected chi connectivity index (χ0v) is 13.8. The third-order valence-electron chi connectivity index (χ3n) is 3.90. The summed E-state index contributed by atoms with van der Waals surface area (Å²) in [5, 5.41) is 4.94. The van der Waals surface area contributed by atoms with Crippen molar-refractivity contribution in [2.24, 2.45) is 14.1 Å². The number of aryl methyl sites for hydroxylation is 2. The largest absolute Gasteiger partial charge is 0.332 e. The summed E-state index contributed by atoms with van der Waals surface area (Å²) in [6.45, 7) is 0. The summed E-state index contributed by atoms with van der Waals surface area (Å²) in [4.78, 5) is 29.4. The first-order valence-electron chi connectivity index (χ1n) is 7.71. The fraction of sp³-hybridized carbons (Fsp3) is 0.176. The number of imidazole rings is 1. The predicted molar refractivity (Wildman–Crippen MR) is 90.8 cm³/mol. The molecule has 0 radical (unpaired) electrons. The smallest absolute Gasteiger partial charge is 0.217 e. The molecule has 0 fully saturated rings. The third-order valence-corrected chi connectivity index (χ3v) is 3.90. The Labute approximate surface area is 143 Å². The van der Waals surface area contributed by atoms with E-state index in [0.717, 1.165) is 22.3 Å². The molecule has 25 heavy (non-hydrogen) atoms. The molecule has 124 valence electrons. The van der Waals surface area contributed by atoms with Crippen LogP contribution in [0.3, 0.4) is 0 Å². The van der Waals surface area contributed by atoms with Gasteiger partial charge in [0.05, 0.1) is 41.5 Å². The molecule has 0 aromatic carbocycles. The number of ketones is 1. The number of carbonyl (C=O) groups is 1. The van der Waals surface area contributed by atoms with Crippen LogP contribution in [0.1, 0.15) is 16.3 Å². The Morgan fingerprint density at radius 1 is 1.12 bits per heavy atom. The van der Waals surface area contributed by atoms with Crippen molar-refractivity contribution in [3.8, 4) is 11.4 Å². The molecule has 0 saturated carbocycles. The highest BCUT2D eigenvalue weighted by Crippen LogP contribution is 2.20. The van der Waals surface area contributed by atoms with Gasteiger partial charge in [0.15, 0.2) is 0 Å². The normalized spacial score (nSPS) is 11.1. The van der Waals surface area contributed by atoms with Gasteiger partial charge in [0.2, 0.25) is 11.6 Å². The van der Waals surface area contributed by atoms with E-state index in [1.54, 1.807) is 25.8 Å². The molecule has 0 aliphatic carbocycles. The Morgan fingerprint density at radius 2 is 2.00 bits per heavy atom. The molecule has 0 aliphatic heterocycles. The van der Waals surface area contributed by atoms with Crippen LogP contribution in [0.4, 0.5) is 0 Å². The highest BCUT2D eigenvalue weighted by molar-refractivity contribution is 5.94. The summed E-state index contributed by atoms with van der Waals surface area (Å²) in [7, 11) is 3.65. The predicted octanol–water partition coefficient (Wildman–Crippen LogP) is 1.58. The van der Waals surface area contributed by atoms with Crippen molar-refractivity contribution in [2.75, 3.05) is 0 Å². The van der Waals surface area contributed by atoms with Crippen molar-refractivity contribution < 1.29 is 4.79 Å². The molecule has 0 amide bonds. The van der Waals surface area contributed by atoms with Gasteiger partial charge >= 0.3 is 0 Å². The number of hydrogen-bond acceptors (Lipinski definition) is 6. The number of nitrogens with zero attached hydrogens (tertiary/aromatic N) is 7. The van der Waals surface area contributed by atoms with Gasteiger partial charge in [-0.2, -0.15) is 0 Å². The summed E-state index contributed by atoms with van der Waals surface area (Å²) in [6, 6.07) is 5.73. The summed E-state index contributed by atoms with van der Waals surface area (Å²) < 4.78 is 3.41. The highest BCUT2D eigenvalue weighted by atomic mass is 16.1. The van der Waals surface area contributed by atoms with E-state index in [4.69, 9.17) is 0 Å². The van der Waals surface area contributed by atoms with Crippen molar-refractivity contribution in [1.29, 1.82) is 0 Å². The molecular weight excluding hydrogens is 318 g/mol. The van der Waals surface area contributed by atoms with Crippen LogP contribution in [0.5, 0.6) is 0 Å². The van der Waals surface area contributed by atoms with Crippen LogP contribution >= 0.6 is 0 Å². The maximum Gasteiger partial charge on any atom is 0.217 e. The van der Waals surface area contributed by atoms with Crippen LogP contribution in [0.15, 0.2) is 43.2 Å². The van der Waals surface area contributed by atoms with Crippen molar-refractivity contribution in [3.05, 3.63) is 54.8 Å². The first kappa shape index (κ1) is 15.1. The third kappa shape index (κ3) is 2.89. The van der Waals surface area contributed by atoms with Crippen LogP contribution in [0.25, 0.3) is 22.3 Å². The summed E-state index contributed by atoms with van der Waals surface area (Å²) >= 11 is 0. The molecular formula is C17H15N7O. The Bertz CT molecular complexity index is 1080. The second-order valence-electron chi connectivity index (χ2n) is 5.80. The molecule has 4 rings (SSSR count). The molecule has 0 N–H and O–H groups in total. The Hall–Kier alpha value is -3.42. The van der Waals surface area contributed by atoms with E-state index in [9.17, 15) is 4.79 Å². The van der Waals surface area contributed by atoms with Crippen molar-refractivity contribution >= 4 is 16.7 Å². The molecule has 0 aliphatic rings. The Morgan fingerprint density at radius 3 is 2.72 bits per heavy atom. The number of pyridine rings is 2. The van der Waals surface area contributed by atoms with Crippen LogP contribution in [-0.4, -0.2) is 40.1 Å². The SMILES string of the molecule is Cn1cnc(C(=O)Cc2cc3nc(-c4cncn4C)ccc3cn2)n1. The second kappa shape index (κ2) is 5.90. The summed E-state index contributed by atoms with van der Waals surface area (Å²) in [5.41, 5.74) is 3.17. The number of aromatic nitrogens is 7. The van der Waals surface area contributed by atoms with E-state index < -0.39 is 0 Å². The number of hydrogen-bond donors (Lipinski definition) is 0. The van der Waals surface area contributed by atoms with E-state index in [2.05, 4.69) is 25.0 Å². The van der Waals surface area contributed by atoms with Crippen LogP contribution < -0.4 is 0 Å². The lowest BCUT2D eigenvalue weighted by Gasteiger charge is -2.05. The molecule has 8 nitrogen and oxygen atoms in total. The zero-order valence-electron chi connectivity index (χ0n) is 13.8. The van der Waals surface area contributed by atoms with E-state index in [-0.39, 0.29) is 18.0 Å². The quantitative estimate of drug-likeness (QED) is 0.527. The second-order valence-corrected chi connectivity index (χ2v) is 5.80. The van der Waals surface area contributed by atoms with Crippen molar-refractivity contribution in [1.82, 2.24) is 34.3 Å². The van der Waals surface area contributed by atoms with Crippen molar-refractivity contribution in [3.63, 3.8) is 0 Å². The van der Waals surface area contributed by atoms with E-state index in [0.29, 0.717) is 5.69 Å². The maximum atomic E-state index is 12.3. The van der Waals surface area contributed by atoms with Gasteiger partial charge in [0, 0.05) is 25.7 Å². The summed E-state index contributed by atoms with van der Waals surface area (Å²) in [6.07, 6.45) is 6.87. The number of Topliss-reactive ketones (excluding diaryl/α,β-unsaturated/α-hetero) is 1. The fourth-order valence-corrected chi connectivity index (χ4v) is 2.61. The van der Waals surface area contributed by atoms with Gasteiger partial charge in [-0.1, -0.05) is 0 Å². The van der Waals surface area contributed by atoms with Crippen LogP contribution in [-0.2, 0) is 20.5 Å². The number of carbonyl (C=O) groups excluding carboxylic acids is 1. The van der Waals surface area contributed by atoms with Gasteiger partial charge in [-0.3, -0.25) is 14.5 Å². The lowest BCUT2D eigenvalue weighted by Crippen LogP contribution is -2.08. The van der Waals surface area contributed by atoms with Gasteiger partial charge in [-0.25, -0.2) is 15.0 Å². The number of fused-ring (bicyclic) bond motifs is 1. The van der Waals surface area contributed by atoms with Gasteiger partial charge in [-0.05, 0) is 18.2 Å². The highest BCUT2D eigenvalue weighted by Gasteiger charge is 2.13. The van der Waals surface area contributed by atoms with Gasteiger partial charge < -0.3 is 4.57 Å². The monoisotopic (exact) mass is 333 g/mol. The standard InChI is InChI=1S/C17H15N7O/c1-23-9-18-8-15(23)13-4-3-11-7-19-12(5-14(11)21-13)6-16(25)17-20-10-24(2)22-17/h3-5,7-10H,6H2,1-2H3. The zero-order chi connectivity index (χ0) is 17.4. The minimum Gasteiger partial charge on any atom is -0.332 e. The molecule has 0 saturated heterocycles. The molecule has 0 bridgehead atoms. The minimum atomic E-state index is -0.171. The lowest BCUT2D eigenvalue weighted by molar-refractivity contribution is 0.0982. The van der Waals surface area contributed by atoms with E-state index in [1.807, 2.05) is 29.8 Å².